The van der Waals surface area contributed by atoms with Crippen molar-refractivity contribution in [3.63, 3.8) is 0 Å². The first kappa shape index (κ1) is 11.8. The van der Waals surface area contributed by atoms with Crippen LogP contribution in [0.4, 0.5) is 0 Å². The molecule has 1 atom stereocenters. The molecule has 2 nitrogen and oxygen atoms in total. The lowest BCUT2D eigenvalue weighted by atomic mass is 10.1. The zero-order valence-corrected chi connectivity index (χ0v) is 10.0. The summed E-state index contributed by atoms with van der Waals surface area (Å²) < 4.78 is 0. The van der Waals surface area contributed by atoms with Crippen molar-refractivity contribution in [1.82, 2.24) is 5.32 Å². The van der Waals surface area contributed by atoms with Crippen molar-refractivity contribution in [2.75, 3.05) is 0 Å². The molecule has 0 radical (unpaired) electrons. The summed E-state index contributed by atoms with van der Waals surface area (Å²) in [6.45, 7) is 1.77. The zero-order valence-electron chi connectivity index (χ0n) is 8.46. The van der Waals surface area contributed by atoms with E-state index in [0.29, 0.717) is 5.56 Å². The third-order valence-corrected chi connectivity index (χ3v) is 2.62. The number of terminal acetylenes is 1. The molecule has 0 spiro atoms. The van der Waals surface area contributed by atoms with Crippen LogP contribution in [0.25, 0.3) is 0 Å². The van der Waals surface area contributed by atoms with Gasteiger partial charge in [0, 0.05) is 10.9 Å². The van der Waals surface area contributed by atoms with Gasteiger partial charge in [0.1, 0.15) is 0 Å². The third kappa shape index (κ3) is 3.41. The summed E-state index contributed by atoms with van der Waals surface area (Å²) >= 11 is 3.34. The predicted octanol–water partition coefficient (Wildman–Crippen LogP) is 2.33. The molecular weight excluding hydrogens is 254 g/mol. The van der Waals surface area contributed by atoms with Crippen LogP contribution >= 0.6 is 15.9 Å². The lowest BCUT2D eigenvalue weighted by Gasteiger charge is -2.07. The summed E-state index contributed by atoms with van der Waals surface area (Å²) in [5, 5.41) is 3.48. The molecule has 0 saturated heterocycles. The number of alkyl halides is 1. The van der Waals surface area contributed by atoms with Crippen LogP contribution in [0.3, 0.4) is 0 Å². The maximum Gasteiger partial charge on any atom is 0.252 e. The van der Waals surface area contributed by atoms with Crippen molar-refractivity contribution in [2.45, 2.75) is 18.3 Å². The standard InChI is InChI=1S/C12H12BrNO/c1-3-9(2)14-12(15)11-6-4-10(8-13)5-7-11/h1,4-7,9H,8H2,2H3,(H,14,15). The van der Waals surface area contributed by atoms with E-state index >= 15 is 0 Å². The van der Waals surface area contributed by atoms with Gasteiger partial charge in [-0.15, -0.1) is 6.42 Å². The lowest BCUT2D eigenvalue weighted by molar-refractivity contribution is 0.0948. The van der Waals surface area contributed by atoms with Crippen molar-refractivity contribution in [3.05, 3.63) is 35.4 Å². The molecule has 0 aliphatic carbocycles. The molecule has 1 aromatic rings. The second-order valence-electron chi connectivity index (χ2n) is 3.19. The van der Waals surface area contributed by atoms with E-state index in [9.17, 15) is 4.79 Å². The number of hydrogen-bond donors (Lipinski definition) is 1. The number of halogens is 1. The average Bonchev–Trinajstić information content (AvgIpc) is 2.29. The number of carbonyl (C=O) groups is 1. The van der Waals surface area contributed by atoms with Gasteiger partial charge in [0.05, 0.1) is 6.04 Å². The van der Waals surface area contributed by atoms with Gasteiger partial charge in [0.25, 0.3) is 5.91 Å². The molecular formula is C12H12BrNO. The topological polar surface area (TPSA) is 29.1 Å². The van der Waals surface area contributed by atoms with E-state index in [2.05, 4.69) is 27.2 Å². The van der Waals surface area contributed by atoms with E-state index < -0.39 is 0 Å². The normalized spacial score (nSPS) is 11.5. The highest BCUT2D eigenvalue weighted by atomic mass is 79.9. The maximum absolute atomic E-state index is 11.6. The zero-order chi connectivity index (χ0) is 11.3. The quantitative estimate of drug-likeness (QED) is 0.660. The molecule has 1 amide bonds. The molecule has 1 unspecified atom stereocenters. The number of amides is 1. The Bertz CT molecular complexity index is 378. The average molecular weight is 266 g/mol. The van der Waals surface area contributed by atoms with Crippen LogP contribution < -0.4 is 5.32 Å². The van der Waals surface area contributed by atoms with Crippen LogP contribution in [0.5, 0.6) is 0 Å². The molecule has 0 bridgehead atoms. The molecule has 3 heteroatoms. The second kappa shape index (κ2) is 5.57. The van der Waals surface area contributed by atoms with Crippen LogP contribution in [0, 0.1) is 12.3 Å². The van der Waals surface area contributed by atoms with Crippen molar-refractivity contribution >= 4 is 21.8 Å². The molecule has 1 aromatic carbocycles. The number of rotatable bonds is 3. The van der Waals surface area contributed by atoms with Crippen LogP contribution in [0.1, 0.15) is 22.8 Å². The summed E-state index contributed by atoms with van der Waals surface area (Å²) in [6.07, 6.45) is 5.17. The highest BCUT2D eigenvalue weighted by Crippen LogP contribution is 2.07. The first-order valence-corrected chi connectivity index (χ1v) is 5.71. The molecule has 0 fully saturated rings. The first-order chi connectivity index (χ1) is 7.17. The van der Waals surface area contributed by atoms with Gasteiger partial charge < -0.3 is 5.32 Å². The van der Waals surface area contributed by atoms with Gasteiger partial charge in [-0.25, -0.2) is 0 Å². The van der Waals surface area contributed by atoms with Gasteiger partial charge in [-0.2, -0.15) is 0 Å². The summed E-state index contributed by atoms with van der Waals surface area (Å²) in [5.41, 5.74) is 1.76. The second-order valence-corrected chi connectivity index (χ2v) is 3.75. The molecule has 0 aliphatic heterocycles. The summed E-state index contributed by atoms with van der Waals surface area (Å²) in [5.74, 6) is 2.31. The molecule has 1 rings (SSSR count). The Kier molecular flexibility index (Phi) is 4.38. The smallest absolute Gasteiger partial charge is 0.252 e. The Balaban J connectivity index is 2.71. The van der Waals surface area contributed by atoms with Gasteiger partial charge in [0.2, 0.25) is 0 Å². The summed E-state index contributed by atoms with van der Waals surface area (Å²) in [4.78, 5) is 11.6. The predicted molar refractivity (Wildman–Crippen MR) is 64.8 cm³/mol. The Morgan fingerprint density at radius 2 is 2.13 bits per heavy atom. The number of nitrogens with one attached hydrogen (secondary N) is 1. The van der Waals surface area contributed by atoms with Crippen LogP contribution in [0.15, 0.2) is 24.3 Å². The van der Waals surface area contributed by atoms with E-state index in [4.69, 9.17) is 6.42 Å². The van der Waals surface area contributed by atoms with Crippen molar-refractivity contribution in [2.24, 2.45) is 0 Å². The molecule has 0 aromatic heterocycles. The molecule has 0 aliphatic rings. The summed E-state index contributed by atoms with van der Waals surface area (Å²) in [6, 6.07) is 7.15. The lowest BCUT2D eigenvalue weighted by Crippen LogP contribution is -2.31. The van der Waals surface area contributed by atoms with Gasteiger partial charge in [0.15, 0.2) is 0 Å². The fourth-order valence-electron chi connectivity index (χ4n) is 1.07. The highest BCUT2D eigenvalue weighted by Gasteiger charge is 2.06. The monoisotopic (exact) mass is 265 g/mol. The highest BCUT2D eigenvalue weighted by molar-refractivity contribution is 9.08. The minimum Gasteiger partial charge on any atom is -0.339 e. The Hall–Kier alpha value is -1.27. The van der Waals surface area contributed by atoms with Gasteiger partial charge in [-0.1, -0.05) is 34.0 Å². The number of hydrogen-bond acceptors (Lipinski definition) is 1. The third-order valence-electron chi connectivity index (χ3n) is 1.97. The van der Waals surface area contributed by atoms with E-state index in [1.165, 1.54) is 0 Å². The SMILES string of the molecule is C#CC(C)NC(=O)c1ccc(CBr)cc1. The van der Waals surface area contributed by atoms with E-state index in [0.717, 1.165) is 10.9 Å². The summed E-state index contributed by atoms with van der Waals surface area (Å²) in [7, 11) is 0. The largest absolute Gasteiger partial charge is 0.339 e. The van der Waals surface area contributed by atoms with Crippen molar-refractivity contribution < 1.29 is 4.79 Å². The van der Waals surface area contributed by atoms with Crippen LogP contribution in [-0.2, 0) is 5.33 Å². The molecule has 78 valence electrons. The van der Waals surface area contributed by atoms with E-state index in [1.807, 2.05) is 12.1 Å². The van der Waals surface area contributed by atoms with Crippen LogP contribution in [-0.4, -0.2) is 11.9 Å². The van der Waals surface area contributed by atoms with Crippen molar-refractivity contribution in [1.29, 1.82) is 0 Å². The molecule has 0 heterocycles. The Morgan fingerprint density at radius 1 is 1.53 bits per heavy atom. The number of benzene rings is 1. The minimum absolute atomic E-state index is 0.137. The van der Waals surface area contributed by atoms with Crippen LogP contribution in [0.2, 0.25) is 0 Å². The maximum atomic E-state index is 11.6. The van der Waals surface area contributed by atoms with Gasteiger partial charge in [-0.05, 0) is 24.6 Å². The number of carbonyl (C=O) groups excluding carboxylic acids is 1. The first-order valence-electron chi connectivity index (χ1n) is 4.59. The molecule has 0 saturated carbocycles. The van der Waals surface area contributed by atoms with Gasteiger partial charge in [-0.3, -0.25) is 4.79 Å². The van der Waals surface area contributed by atoms with E-state index in [-0.39, 0.29) is 11.9 Å². The Morgan fingerprint density at radius 3 is 2.60 bits per heavy atom. The van der Waals surface area contributed by atoms with Gasteiger partial charge >= 0.3 is 0 Å². The molecule has 15 heavy (non-hydrogen) atoms. The minimum atomic E-state index is -0.242. The Labute approximate surface area is 98.2 Å². The van der Waals surface area contributed by atoms with E-state index in [1.54, 1.807) is 19.1 Å². The van der Waals surface area contributed by atoms with Crippen molar-refractivity contribution in [3.8, 4) is 12.3 Å². The fourth-order valence-corrected chi connectivity index (χ4v) is 1.44. The molecule has 1 N–H and O–H groups in total. The fraction of sp³-hybridized carbons (Fsp3) is 0.250.